The highest BCUT2D eigenvalue weighted by atomic mass is 31.2. The van der Waals surface area contributed by atoms with Gasteiger partial charge >= 0.3 is 11.9 Å². The Bertz CT molecular complexity index is 1580. The number of carbonyl (C=O) groups is 2. The van der Waals surface area contributed by atoms with Gasteiger partial charge in [0, 0.05) is 12.8 Å². The van der Waals surface area contributed by atoms with Crippen LogP contribution in [0.2, 0.25) is 0 Å². The van der Waals surface area contributed by atoms with Crippen LogP contribution in [0.5, 0.6) is 0 Å². The second kappa shape index (κ2) is 69.6. The summed E-state index contributed by atoms with van der Waals surface area (Å²) in [5.74, 6) is -0.811. The molecule has 9 nitrogen and oxygen atoms in total. The lowest BCUT2D eigenvalue weighted by molar-refractivity contribution is -0.870. The molecule has 0 bridgehead atoms. The Hall–Kier alpha value is -1.77. The molecule has 0 N–H and O–H groups in total. The van der Waals surface area contributed by atoms with Crippen LogP contribution >= 0.6 is 7.82 Å². The van der Waals surface area contributed by atoms with Gasteiger partial charge in [-0.3, -0.25) is 14.2 Å². The Morgan fingerprint density at radius 2 is 0.614 bits per heavy atom. The SMILES string of the molecule is CCCCCCC/C=C\C/C=C\CCCCCCCCCCCCCCCCCCCCCCCCCCCCCCCC(=O)OC(COC(=O)CCCCCCCCCCCCC/C=C\CCCCCCCCCC)COP(=O)([O-])OCC[N+](C)(C)C. The summed E-state index contributed by atoms with van der Waals surface area (Å²) in [6, 6.07) is 0. The molecule has 0 rings (SSSR count). The monoisotopic (exact) mass is 1260 g/mol. The summed E-state index contributed by atoms with van der Waals surface area (Å²) in [6.45, 7) is 4.30. The molecule has 0 saturated carbocycles. The maximum absolute atomic E-state index is 12.9. The molecule has 0 radical (unpaired) electrons. The molecule has 0 saturated heterocycles. The Morgan fingerprint density at radius 1 is 0.352 bits per heavy atom. The molecule has 520 valence electrons. The van der Waals surface area contributed by atoms with Gasteiger partial charge in [0.15, 0.2) is 6.10 Å². The van der Waals surface area contributed by atoms with Gasteiger partial charge in [0.1, 0.15) is 19.8 Å². The van der Waals surface area contributed by atoms with Crippen LogP contribution in [-0.2, 0) is 32.7 Å². The van der Waals surface area contributed by atoms with Crippen molar-refractivity contribution < 1.29 is 42.1 Å². The average Bonchev–Trinajstić information content (AvgIpc) is 3.58. The summed E-state index contributed by atoms with van der Waals surface area (Å²) in [4.78, 5) is 38.1. The third-order valence-electron chi connectivity index (χ3n) is 17.6. The van der Waals surface area contributed by atoms with Crippen molar-refractivity contribution in [3.05, 3.63) is 36.5 Å². The number of hydrogen-bond donors (Lipinski definition) is 0. The van der Waals surface area contributed by atoms with Crippen molar-refractivity contribution in [2.24, 2.45) is 0 Å². The number of phosphoric ester groups is 1. The summed E-state index contributed by atoms with van der Waals surface area (Å²) >= 11 is 0. The van der Waals surface area contributed by atoms with Crippen LogP contribution in [0.4, 0.5) is 0 Å². The fourth-order valence-electron chi connectivity index (χ4n) is 11.7. The maximum atomic E-state index is 12.9. The highest BCUT2D eigenvalue weighted by Gasteiger charge is 2.22. The summed E-state index contributed by atoms with van der Waals surface area (Å²) < 4.78 is 34.4. The lowest BCUT2D eigenvalue weighted by atomic mass is 10.0. The number of likely N-dealkylation sites (N-methyl/N-ethyl adjacent to an activating group) is 1. The highest BCUT2D eigenvalue weighted by Crippen LogP contribution is 2.38. The van der Waals surface area contributed by atoms with E-state index in [1.54, 1.807) is 0 Å². The van der Waals surface area contributed by atoms with Crippen molar-refractivity contribution in [1.29, 1.82) is 0 Å². The van der Waals surface area contributed by atoms with Crippen molar-refractivity contribution in [3.8, 4) is 0 Å². The first-order chi connectivity index (χ1) is 43.0. The number of unbranched alkanes of at least 4 members (excludes halogenated alkanes) is 53. The zero-order valence-electron chi connectivity index (χ0n) is 59.5. The van der Waals surface area contributed by atoms with Gasteiger partial charge in [-0.25, -0.2) is 0 Å². The predicted octanol–water partition coefficient (Wildman–Crippen LogP) is 24.8. The first kappa shape index (κ1) is 86.2. The van der Waals surface area contributed by atoms with Crippen molar-refractivity contribution in [2.45, 2.75) is 405 Å². The van der Waals surface area contributed by atoms with Crippen molar-refractivity contribution in [1.82, 2.24) is 0 Å². The summed E-state index contributed by atoms with van der Waals surface area (Å²) in [5.41, 5.74) is 0. The molecule has 0 heterocycles. The van der Waals surface area contributed by atoms with E-state index in [1.807, 2.05) is 21.1 Å². The molecule has 0 aromatic heterocycles. The topological polar surface area (TPSA) is 111 Å². The second-order valence-electron chi connectivity index (χ2n) is 27.7. The number of nitrogens with zero attached hydrogens (tertiary/aromatic N) is 1. The van der Waals surface area contributed by atoms with Gasteiger partial charge < -0.3 is 27.9 Å². The quantitative estimate of drug-likeness (QED) is 0.0195. The molecule has 10 heteroatoms. The minimum atomic E-state index is -4.64. The van der Waals surface area contributed by atoms with E-state index >= 15 is 0 Å². The van der Waals surface area contributed by atoms with Crippen molar-refractivity contribution >= 4 is 19.8 Å². The smallest absolute Gasteiger partial charge is 0.306 e. The fourth-order valence-corrected chi connectivity index (χ4v) is 12.4. The summed E-state index contributed by atoms with van der Waals surface area (Å²) in [6.07, 6.45) is 89.8. The number of hydrogen-bond acceptors (Lipinski definition) is 8. The van der Waals surface area contributed by atoms with E-state index in [4.69, 9.17) is 18.5 Å². The van der Waals surface area contributed by atoms with Crippen LogP contribution in [-0.4, -0.2) is 70.0 Å². The lowest BCUT2D eigenvalue weighted by Crippen LogP contribution is -2.37. The van der Waals surface area contributed by atoms with Gasteiger partial charge in [0.2, 0.25) is 0 Å². The maximum Gasteiger partial charge on any atom is 0.306 e. The first-order valence-corrected chi connectivity index (χ1v) is 40.2. The predicted molar refractivity (Wildman–Crippen MR) is 379 cm³/mol. The molecular weight excluding hydrogens is 1110 g/mol. The Balaban J connectivity index is 3.87. The molecule has 0 aromatic rings. The molecule has 2 atom stereocenters. The van der Waals surface area contributed by atoms with E-state index in [1.165, 1.54) is 327 Å². The number of rotatable bonds is 73. The van der Waals surface area contributed by atoms with E-state index in [9.17, 15) is 19.0 Å². The number of ether oxygens (including phenoxy) is 2. The summed E-state index contributed by atoms with van der Waals surface area (Å²) in [7, 11) is 1.19. The minimum Gasteiger partial charge on any atom is -0.756 e. The first-order valence-electron chi connectivity index (χ1n) is 38.7. The van der Waals surface area contributed by atoms with Crippen LogP contribution in [0.1, 0.15) is 399 Å². The van der Waals surface area contributed by atoms with Gasteiger partial charge in [-0.15, -0.1) is 0 Å². The highest BCUT2D eigenvalue weighted by molar-refractivity contribution is 7.45. The van der Waals surface area contributed by atoms with E-state index in [-0.39, 0.29) is 32.0 Å². The molecule has 2 unspecified atom stereocenters. The van der Waals surface area contributed by atoms with E-state index in [0.717, 1.165) is 38.5 Å². The Morgan fingerprint density at radius 3 is 0.909 bits per heavy atom. The number of esters is 2. The molecule has 0 aliphatic carbocycles. The van der Waals surface area contributed by atoms with Gasteiger partial charge in [-0.05, 0) is 70.6 Å². The average molecular weight is 1260 g/mol. The zero-order valence-corrected chi connectivity index (χ0v) is 60.4. The molecule has 0 amide bonds. The Labute approximate surface area is 548 Å². The van der Waals surface area contributed by atoms with E-state index < -0.39 is 26.5 Å². The molecular formula is C78H150NO8P. The standard InChI is InChI=1S/C78H150NO8P/c1-6-8-10-12-14-16-18-20-22-24-26-28-30-31-32-33-34-35-36-37-38-39-40-41-42-43-44-45-46-47-49-51-53-55-57-59-61-63-65-67-69-71-78(81)87-76(75-86-88(82,83)85-73-72-79(3,4)5)74-84-77(80)70-68-66-64-62-60-58-56-54-52-50-48-29-27-25-23-21-19-17-15-13-11-9-7-2/h18,20,24-27,76H,6-17,19,21-23,28-75H2,1-5H3/b20-18-,26-24-,27-25-. The van der Waals surface area contributed by atoms with Crippen LogP contribution < -0.4 is 4.89 Å². The van der Waals surface area contributed by atoms with Crippen molar-refractivity contribution in [3.63, 3.8) is 0 Å². The third kappa shape index (κ3) is 73.3. The molecule has 0 spiro atoms. The molecule has 0 aliphatic heterocycles. The third-order valence-corrected chi connectivity index (χ3v) is 18.6. The van der Waals surface area contributed by atoms with Crippen LogP contribution in [0, 0.1) is 0 Å². The van der Waals surface area contributed by atoms with Gasteiger partial charge in [-0.2, -0.15) is 0 Å². The van der Waals surface area contributed by atoms with Gasteiger partial charge in [0.25, 0.3) is 7.82 Å². The number of quaternary nitrogens is 1. The van der Waals surface area contributed by atoms with Crippen LogP contribution in [0.3, 0.4) is 0 Å². The number of allylic oxidation sites excluding steroid dienone is 6. The van der Waals surface area contributed by atoms with Gasteiger partial charge in [-0.1, -0.05) is 352 Å². The zero-order chi connectivity index (χ0) is 64.1. The Kier molecular flexibility index (Phi) is 68.2. The number of phosphoric acid groups is 1. The second-order valence-corrected chi connectivity index (χ2v) is 29.1. The molecule has 88 heavy (non-hydrogen) atoms. The van der Waals surface area contributed by atoms with Crippen LogP contribution in [0.25, 0.3) is 0 Å². The fraction of sp³-hybridized carbons (Fsp3) is 0.897. The van der Waals surface area contributed by atoms with Crippen molar-refractivity contribution in [2.75, 3.05) is 47.5 Å². The van der Waals surface area contributed by atoms with Gasteiger partial charge in [0.05, 0.1) is 27.7 Å². The van der Waals surface area contributed by atoms with E-state index in [0.29, 0.717) is 17.4 Å². The summed E-state index contributed by atoms with van der Waals surface area (Å²) in [5, 5.41) is 0. The minimum absolute atomic E-state index is 0.0277. The largest absolute Gasteiger partial charge is 0.756 e. The lowest BCUT2D eigenvalue weighted by Gasteiger charge is -2.28. The number of carbonyl (C=O) groups excluding carboxylic acids is 2. The molecule has 0 aliphatic rings. The van der Waals surface area contributed by atoms with E-state index in [2.05, 4.69) is 50.3 Å². The molecule has 0 fully saturated rings. The normalized spacial score (nSPS) is 13.2. The molecule has 0 aromatic carbocycles. The van der Waals surface area contributed by atoms with Crippen LogP contribution in [0.15, 0.2) is 36.5 Å².